The van der Waals surface area contributed by atoms with Gasteiger partial charge in [0.05, 0.1) is 13.0 Å². The summed E-state index contributed by atoms with van der Waals surface area (Å²) < 4.78 is 0. The summed E-state index contributed by atoms with van der Waals surface area (Å²) in [6.45, 7) is 0.392. The second-order valence-electron chi connectivity index (χ2n) is 3.02. The smallest absolute Gasteiger partial charge is 0.224 e. The molecule has 2 rings (SSSR count). The minimum absolute atomic E-state index is 0.00944. The van der Waals surface area contributed by atoms with Crippen LogP contribution in [0.2, 0.25) is 0 Å². The van der Waals surface area contributed by atoms with Gasteiger partial charge in [-0.2, -0.15) is 16.4 Å². The zero-order chi connectivity index (χ0) is 10.5. The molecule has 78 valence electrons. The number of hydrogen-bond acceptors (Lipinski definition) is 4. The molecular formula is C9H10N4OS. The van der Waals surface area contributed by atoms with Gasteiger partial charge in [-0.25, -0.2) is 4.98 Å². The van der Waals surface area contributed by atoms with E-state index in [9.17, 15) is 4.79 Å². The van der Waals surface area contributed by atoms with Crippen molar-refractivity contribution in [2.24, 2.45) is 0 Å². The molecule has 0 atom stereocenters. The molecule has 0 spiro atoms. The molecular weight excluding hydrogens is 212 g/mol. The summed E-state index contributed by atoms with van der Waals surface area (Å²) in [6, 6.07) is 1.94. The third kappa shape index (κ3) is 2.88. The summed E-state index contributed by atoms with van der Waals surface area (Å²) in [5, 5.41) is 13.0. The Morgan fingerprint density at radius 3 is 3.20 bits per heavy atom. The normalized spacial score (nSPS) is 10.1. The number of hydrogen-bond donors (Lipinski definition) is 2. The molecule has 2 N–H and O–H groups in total. The average molecular weight is 222 g/mol. The SMILES string of the molecule is O=C(Cc1ccsc1)NCc1ncn[nH]1. The summed E-state index contributed by atoms with van der Waals surface area (Å²) >= 11 is 1.59. The number of amides is 1. The molecule has 0 saturated carbocycles. The predicted molar refractivity (Wildman–Crippen MR) is 56.3 cm³/mol. The van der Waals surface area contributed by atoms with Crippen molar-refractivity contribution < 1.29 is 4.79 Å². The highest BCUT2D eigenvalue weighted by molar-refractivity contribution is 7.07. The molecule has 15 heavy (non-hydrogen) atoms. The molecule has 5 nitrogen and oxygen atoms in total. The van der Waals surface area contributed by atoms with Gasteiger partial charge < -0.3 is 5.32 Å². The minimum Gasteiger partial charge on any atom is -0.349 e. The average Bonchev–Trinajstić information content (AvgIpc) is 2.86. The molecule has 0 bridgehead atoms. The Morgan fingerprint density at radius 2 is 2.53 bits per heavy atom. The zero-order valence-electron chi connectivity index (χ0n) is 7.93. The maximum absolute atomic E-state index is 11.4. The lowest BCUT2D eigenvalue weighted by atomic mass is 10.2. The lowest BCUT2D eigenvalue weighted by Crippen LogP contribution is -2.24. The highest BCUT2D eigenvalue weighted by Gasteiger charge is 2.04. The molecule has 0 aromatic carbocycles. The van der Waals surface area contributed by atoms with E-state index >= 15 is 0 Å². The summed E-state index contributed by atoms with van der Waals surface area (Å²) in [6.07, 6.45) is 1.83. The van der Waals surface area contributed by atoms with Crippen molar-refractivity contribution in [3.05, 3.63) is 34.5 Å². The first-order valence-corrected chi connectivity index (χ1v) is 5.41. The van der Waals surface area contributed by atoms with Gasteiger partial charge in [-0.3, -0.25) is 9.89 Å². The second kappa shape index (κ2) is 4.70. The van der Waals surface area contributed by atoms with Crippen LogP contribution < -0.4 is 5.32 Å². The molecule has 6 heteroatoms. The summed E-state index contributed by atoms with van der Waals surface area (Å²) in [5.41, 5.74) is 1.04. The van der Waals surface area contributed by atoms with Crippen molar-refractivity contribution in [3.63, 3.8) is 0 Å². The van der Waals surface area contributed by atoms with Crippen LogP contribution in [0, 0.1) is 0 Å². The molecule has 0 fully saturated rings. The van der Waals surface area contributed by atoms with Crippen LogP contribution in [0.5, 0.6) is 0 Å². The van der Waals surface area contributed by atoms with Gasteiger partial charge >= 0.3 is 0 Å². The van der Waals surface area contributed by atoms with E-state index in [4.69, 9.17) is 0 Å². The van der Waals surface area contributed by atoms with Crippen molar-refractivity contribution in [2.75, 3.05) is 0 Å². The lowest BCUT2D eigenvalue weighted by molar-refractivity contribution is -0.120. The third-order valence-electron chi connectivity index (χ3n) is 1.86. The van der Waals surface area contributed by atoms with Crippen LogP contribution in [-0.4, -0.2) is 21.1 Å². The van der Waals surface area contributed by atoms with Crippen LogP contribution in [0.15, 0.2) is 23.2 Å². The molecule has 0 unspecified atom stereocenters. The number of carbonyl (C=O) groups excluding carboxylic acids is 1. The van der Waals surface area contributed by atoms with E-state index in [1.165, 1.54) is 6.33 Å². The fraction of sp³-hybridized carbons (Fsp3) is 0.222. The standard InChI is InChI=1S/C9H10N4OS/c14-9(3-7-1-2-15-5-7)10-4-8-11-6-12-13-8/h1-2,5-6H,3-4H2,(H,10,14)(H,11,12,13). The van der Waals surface area contributed by atoms with Crippen molar-refractivity contribution in [1.29, 1.82) is 0 Å². The highest BCUT2D eigenvalue weighted by Crippen LogP contribution is 2.06. The number of aromatic nitrogens is 3. The van der Waals surface area contributed by atoms with Gasteiger partial charge in [0.2, 0.25) is 5.91 Å². The van der Waals surface area contributed by atoms with E-state index in [1.807, 2.05) is 16.8 Å². The Labute approximate surface area is 90.6 Å². The van der Waals surface area contributed by atoms with E-state index in [2.05, 4.69) is 20.5 Å². The Kier molecular flexibility index (Phi) is 3.08. The zero-order valence-corrected chi connectivity index (χ0v) is 8.75. The first kappa shape index (κ1) is 9.85. The number of carbonyl (C=O) groups is 1. The fourth-order valence-corrected chi connectivity index (χ4v) is 1.81. The Hall–Kier alpha value is -1.69. The Bertz CT molecular complexity index is 409. The molecule has 1 amide bonds. The van der Waals surface area contributed by atoms with E-state index < -0.39 is 0 Å². The number of thiophene rings is 1. The maximum atomic E-state index is 11.4. The topological polar surface area (TPSA) is 70.7 Å². The molecule has 0 radical (unpaired) electrons. The van der Waals surface area contributed by atoms with Crippen molar-refractivity contribution in [1.82, 2.24) is 20.5 Å². The molecule has 0 aliphatic heterocycles. The lowest BCUT2D eigenvalue weighted by Gasteiger charge is -2.00. The number of nitrogens with zero attached hydrogens (tertiary/aromatic N) is 2. The number of nitrogens with one attached hydrogen (secondary N) is 2. The Balaban J connectivity index is 1.78. The van der Waals surface area contributed by atoms with Crippen molar-refractivity contribution in [3.8, 4) is 0 Å². The largest absolute Gasteiger partial charge is 0.349 e. The van der Waals surface area contributed by atoms with Gasteiger partial charge in [-0.15, -0.1) is 0 Å². The quantitative estimate of drug-likeness (QED) is 0.801. The minimum atomic E-state index is -0.00944. The van der Waals surface area contributed by atoms with E-state index in [1.54, 1.807) is 11.3 Å². The number of aromatic amines is 1. The number of H-pyrrole nitrogens is 1. The van der Waals surface area contributed by atoms with Crippen LogP contribution in [0.1, 0.15) is 11.4 Å². The highest BCUT2D eigenvalue weighted by atomic mass is 32.1. The summed E-state index contributed by atoms with van der Waals surface area (Å²) in [7, 11) is 0. The van der Waals surface area contributed by atoms with Crippen LogP contribution in [0.4, 0.5) is 0 Å². The molecule has 2 aromatic heterocycles. The first-order valence-electron chi connectivity index (χ1n) is 4.46. The molecule has 0 aliphatic carbocycles. The van der Waals surface area contributed by atoms with Gasteiger partial charge in [0.25, 0.3) is 0 Å². The Morgan fingerprint density at radius 1 is 1.60 bits per heavy atom. The molecule has 0 saturated heterocycles. The summed E-state index contributed by atoms with van der Waals surface area (Å²) in [4.78, 5) is 15.3. The van der Waals surface area contributed by atoms with Crippen LogP contribution in [0.3, 0.4) is 0 Å². The van der Waals surface area contributed by atoms with Gasteiger partial charge in [-0.05, 0) is 22.4 Å². The second-order valence-corrected chi connectivity index (χ2v) is 3.80. The number of rotatable bonds is 4. The predicted octanol–water partition coefficient (Wildman–Crippen LogP) is 0.725. The first-order chi connectivity index (χ1) is 7.34. The molecule has 2 aromatic rings. The van der Waals surface area contributed by atoms with Gasteiger partial charge in [0, 0.05) is 0 Å². The molecule has 0 aliphatic rings. The third-order valence-corrected chi connectivity index (χ3v) is 2.59. The molecule has 2 heterocycles. The van der Waals surface area contributed by atoms with Gasteiger partial charge in [0.15, 0.2) is 0 Å². The van der Waals surface area contributed by atoms with E-state index in [0.717, 1.165) is 5.56 Å². The van der Waals surface area contributed by atoms with Gasteiger partial charge in [-0.1, -0.05) is 0 Å². The van der Waals surface area contributed by atoms with Crippen LogP contribution in [0.25, 0.3) is 0 Å². The fourth-order valence-electron chi connectivity index (χ4n) is 1.14. The monoisotopic (exact) mass is 222 g/mol. The van der Waals surface area contributed by atoms with E-state index in [0.29, 0.717) is 18.8 Å². The van der Waals surface area contributed by atoms with Gasteiger partial charge in [0.1, 0.15) is 12.2 Å². The van der Waals surface area contributed by atoms with Crippen LogP contribution in [-0.2, 0) is 17.8 Å². The van der Waals surface area contributed by atoms with E-state index in [-0.39, 0.29) is 5.91 Å². The van der Waals surface area contributed by atoms with Crippen LogP contribution >= 0.6 is 11.3 Å². The van der Waals surface area contributed by atoms with Crippen molar-refractivity contribution in [2.45, 2.75) is 13.0 Å². The maximum Gasteiger partial charge on any atom is 0.224 e. The summed E-state index contributed by atoms with van der Waals surface area (Å²) in [5.74, 6) is 0.651. The van der Waals surface area contributed by atoms with Crippen molar-refractivity contribution >= 4 is 17.2 Å².